The Labute approximate surface area is 173 Å². The van der Waals surface area contributed by atoms with Gasteiger partial charge in [-0.15, -0.1) is 0 Å². The number of alkyl halides is 3. The number of aromatic nitrogens is 1. The molecule has 2 heterocycles. The maximum absolute atomic E-state index is 13.2. The van der Waals surface area contributed by atoms with Crippen molar-refractivity contribution in [3.63, 3.8) is 0 Å². The van der Waals surface area contributed by atoms with Gasteiger partial charge in [-0.25, -0.2) is 8.42 Å². The molecule has 1 aliphatic heterocycles. The van der Waals surface area contributed by atoms with E-state index in [4.69, 9.17) is 0 Å². The van der Waals surface area contributed by atoms with Crippen LogP contribution in [0, 0.1) is 5.92 Å². The fourth-order valence-electron chi connectivity index (χ4n) is 3.47. The minimum Gasteiger partial charge on any atom is -0.349 e. The topological polar surface area (TPSA) is 79.4 Å². The molecule has 1 aromatic heterocycles. The van der Waals surface area contributed by atoms with Gasteiger partial charge in [0.05, 0.1) is 16.5 Å². The second-order valence-corrected chi connectivity index (χ2v) is 9.10. The molecule has 10 heteroatoms. The smallest absolute Gasteiger partial charge is 0.349 e. The van der Waals surface area contributed by atoms with Crippen LogP contribution < -0.4 is 5.32 Å². The zero-order chi connectivity index (χ0) is 21.9. The Morgan fingerprint density at radius 3 is 2.43 bits per heavy atom. The normalized spacial score (nSPS) is 17.5. The lowest BCUT2D eigenvalue weighted by molar-refractivity contribution is -0.139. The number of pyridine rings is 1. The van der Waals surface area contributed by atoms with E-state index in [1.54, 1.807) is 18.5 Å². The van der Waals surface area contributed by atoms with Crippen molar-refractivity contribution in [1.29, 1.82) is 0 Å². The van der Waals surface area contributed by atoms with Crippen LogP contribution >= 0.6 is 0 Å². The van der Waals surface area contributed by atoms with Crippen molar-refractivity contribution in [2.24, 2.45) is 5.92 Å². The molecule has 30 heavy (non-hydrogen) atoms. The summed E-state index contributed by atoms with van der Waals surface area (Å²) in [5.41, 5.74) is -0.343. The van der Waals surface area contributed by atoms with E-state index in [-0.39, 0.29) is 37.9 Å². The highest BCUT2D eigenvalue weighted by Gasteiger charge is 2.40. The Morgan fingerprint density at radius 1 is 1.17 bits per heavy atom. The summed E-state index contributed by atoms with van der Waals surface area (Å²) < 4.78 is 66.3. The fraction of sp³-hybridized carbons (Fsp3) is 0.400. The van der Waals surface area contributed by atoms with Crippen LogP contribution in [0.25, 0.3) is 0 Å². The average Bonchev–Trinajstić information content (AvgIpc) is 2.74. The molecule has 6 nitrogen and oxygen atoms in total. The first kappa shape index (κ1) is 22.2. The zero-order valence-corrected chi connectivity index (χ0v) is 17.1. The predicted octanol–water partition coefficient (Wildman–Crippen LogP) is 3.38. The van der Waals surface area contributed by atoms with Gasteiger partial charge < -0.3 is 5.32 Å². The highest BCUT2D eigenvalue weighted by atomic mass is 32.2. The predicted molar refractivity (Wildman–Crippen MR) is 104 cm³/mol. The molecular formula is C20H22F3N3O3S. The monoisotopic (exact) mass is 441 g/mol. The van der Waals surface area contributed by atoms with E-state index in [1.807, 2.05) is 13.0 Å². The quantitative estimate of drug-likeness (QED) is 0.772. The Hall–Kier alpha value is -2.46. The van der Waals surface area contributed by atoms with Crippen LogP contribution in [0.5, 0.6) is 0 Å². The molecule has 1 aromatic carbocycles. The van der Waals surface area contributed by atoms with Crippen molar-refractivity contribution in [2.45, 2.75) is 36.9 Å². The van der Waals surface area contributed by atoms with E-state index in [9.17, 15) is 26.4 Å². The maximum Gasteiger partial charge on any atom is 0.417 e. The first-order chi connectivity index (χ1) is 14.1. The van der Waals surface area contributed by atoms with Crippen molar-refractivity contribution in [3.8, 4) is 0 Å². The van der Waals surface area contributed by atoms with Crippen LogP contribution in [0.3, 0.4) is 0 Å². The Balaban J connectivity index is 1.66. The van der Waals surface area contributed by atoms with E-state index in [1.165, 1.54) is 6.07 Å². The fourth-order valence-corrected chi connectivity index (χ4v) is 5.15. The molecular weight excluding hydrogens is 419 g/mol. The summed E-state index contributed by atoms with van der Waals surface area (Å²) in [5.74, 6) is -0.618. The molecule has 1 atom stereocenters. The Kier molecular flexibility index (Phi) is 6.47. The number of hydrogen-bond donors (Lipinski definition) is 1. The first-order valence-electron chi connectivity index (χ1n) is 9.47. The number of benzene rings is 1. The van der Waals surface area contributed by atoms with E-state index in [0.717, 1.165) is 28.1 Å². The van der Waals surface area contributed by atoms with Crippen LogP contribution in [0.2, 0.25) is 0 Å². The third kappa shape index (κ3) is 4.81. The van der Waals surface area contributed by atoms with Gasteiger partial charge in [0.1, 0.15) is 0 Å². The lowest BCUT2D eigenvalue weighted by Gasteiger charge is -2.31. The van der Waals surface area contributed by atoms with Crippen molar-refractivity contribution < 1.29 is 26.4 Å². The Morgan fingerprint density at radius 2 is 1.83 bits per heavy atom. The molecule has 1 fully saturated rings. The molecule has 2 aromatic rings. The second kappa shape index (κ2) is 8.73. The average molecular weight is 441 g/mol. The zero-order valence-electron chi connectivity index (χ0n) is 16.3. The van der Waals surface area contributed by atoms with E-state index >= 15 is 0 Å². The van der Waals surface area contributed by atoms with Gasteiger partial charge in [0.25, 0.3) is 0 Å². The van der Waals surface area contributed by atoms with E-state index in [0.29, 0.717) is 0 Å². The Bertz CT molecular complexity index is 989. The molecule has 1 aliphatic rings. The molecule has 162 valence electrons. The van der Waals surface area contributed by atoms with Gasteiger partial charge in [0.2, 0.25) is 15.9 Å². The van der Waals surface area contributed by atoms with Gasteiger partial charge in [-0.05, 0) is 43.5 Å². The van der Waals surface area contributed by atoms with Crippen molar-refractivity contribution in [2.75, 3.05) is 13.1 Å². The number of piperidine rings is 1. The summed E-state index contributed by atoms with van der Waals surface area (Å²) in [6.07, 6.45) is -1.02. The van der Waals surface area contributed by atoms with Crippen LogP contribution in [0.4, 0.5) is 13.2 Å². The maximum atomic E-state index is 13.2. The van der Waals surface area contributed by atoms with Crippen LogP contribution in [0.15, 0.2) is 53.7 Å². The summed E-state index contributed by atoms with van der Waals surface area (Å²) in [6.45, 7) is 1.78. The van der Waals surface area contributed by atoms with Crippen molar-refractivity contribution in [1.82, 2.24) is 14.6 Å². The molecule has 0 bridgehead atoms. The summed E-state index contributed by atoms with van der Waals surface area (Å²) in [4.78, 5) is 15.8. The van der Waals surface area contributed by atoms with Gasteiger partial charge in [-0.3, -0.25) is 9.78 Å². The third-order valence-electron chi connectivity index (χ3n) is 5.18. The number of halogens is 3. The summed E-state index contributed by atoms with van der Waals surface area (Å²) in [7, 11) is -4.32. The largest absolute Gasteiger partial charge is 0.417 e. The lowest BCUT2D eigenvalue weighted by Crippen LogP contribution is -2.43. The van der Waals surface area contributed by atoms with Gasteiger partial charge in [-0.2, -0.15) is 17.5 Å². The first-order valence-corrected chi connectivity index (χ1v) is 10.9. The molecule has 0 saturated carbocycles. The van der Waals surface area contributed by atoms with Gasteiger partial charge >= 0.3 is 6.18 Å². The van der Waals surface area contributed by atoms with Gasteiger partial charge in [-0.1, -0.05) is 18.2 Å². The minimum absolute atomic E-state index is 0.0200. The SMILES string of the molecule is C[C@@H](NC(=O)C1CCN(S(=O)(=O)c2ccccc2C(F)(F)F)CC1)c1cccnc1. The number of sulfonamides is 1. The number of carbonyl (C=O) groups excluding carboxylic acids is 1. The second-order valence-electron chi connectivity index (χ2n) is 7.19. The van der Waals surface area contributed by atoms with E-state index in [2.05, 4.69) is 10.3 Å². The van der Waals surface area contributed by atoms with E-state index < -0.39 is 32.6 Å². The molecule has 1 amide bonds. The molecule has 1 saturated heterocycles. The molecule has 3 rings (SSSR count). The lowest BCUT2D eigenvalue weighted by atomic mass is 9.96. The number of rotatable bonds is 5. The van der Waals surface area contributed by atoms with Crippen molar-refractivity contribution >= 4 is 15.9 Å². The highest BCUT2D eigenvalue weighted by molar-refractivity contribution is 7.89. The summed E-state index contributed by atoms with van der Waals surface area (Å²) in [6, 6.07) is 7.49. The number of nitrogens with one attached hydrogen (secondary N) is 1. The number of hydrogen-bond acceptors (Lipinski definition) is 4. The molecule has 0 aliphatic carbocycles. The summed E-state index contributed by atoms with van der Waals surface area (Å²) in [5, 5.41) is 2.88. The van der Waals surface area contributed by atoms with Crippen LogP contribution in [0.1, 0.15) is 36.9 Å². The molecule has 1 N–H and O–H groups in total. The summed E-state index contributed by atoms with van der Waals surface area (Å²) >= 11 is 0. The molecule has 0 spiro atoms. The van der Waals surface area contributed by atoms with Gasteiger partial charge in [0.15, 0.2) is 0 Å². The van der Waals surface area contributed by atoms with Gasteiger partial charge in [0, 0.05) is 31.4 Å². The number of nitrogens with zero attached hydrogens (tertiary/aromatic N) is 2. The molecule has 0 unspecified atom stereocenters. The van der Waals surface area contributed by atoms with Crippen molar-refractivity contribution in [3.05, 3.63) is 59.9 Å². The number of amides is 1. The highest BCUT2D eigenvalue weighted by Crippen LogP contribution is 2.36. The third-order valence-corrected chi connectivity index (χ3v) is 7.13. The minimum atomic E-state index is -4.77. The molecule has 0 radical (unpaired) electrons. The standard InChI is InChI=1S/C20H22F3N3O3S/c1-14(16-5-4-10-24-13-16)25-19(27)15-8-11-26(12-9-15)30(28,29)18-7-3-2-6-17(18)20(21,22)23/h2-7,10,13-15H,8-9,11-12H2,1H3,(H,25,27)/t14-/m1/s1. The number of carbonyl (C=O) groups is 1. The van der Waals surface area contributed by atoms with Crippen LogP contribution in [-0.4, -0.2) is 36.7 Å². The van der Waals surface area contributed by atoms with Crippen LogP contribution in [-0.2, 0) is 21.0 Å².